The zero-order valence-corrected chi connectivity index (χ0v) is 16.9. The SMILES string of the molecule is CCOC(=O)c1ccc(OC2=COC3CC(OC(=O)C(C)C)CCC3C2=O)cc1. The molecule has 0 N–H and O–H groups in total. The van der Waals surface area contributed by atoms with E-state index in [-0.39, 0.29) is 41.6 Å². The summed E-state index contributed by atoms with van der Waals surface area (Å²) in [5, 5.41) is 0. The van der Waals surface area contributed by atoms with Gasteiger partial charge in [0.2, 0.25) is 11.5 Å². The Morgan fingerprint density at radius 1 is 1.17 bits per heavy atom. The molecule has 0 saturated heterocycles. The molecule has 0 aromatic heterocycles. The molecule has 1 heterocycles. The Balaban J connectivity index is 1.61. The van der Waals surface area contributed by atoms with Crippen LogP contribution in [0.5, 0.6) is 5.75 Å². The molecule has 3 rings (SSSR count). The van der Waals surface area contributed by atoms with E-state index in [9.17, 15) is 14.4 Å². The molecule has 1 aliphatic heterocycles. The van der Waals surface area contributed by atoms with Crippen LogP contribution in [0.25, 0.3) is 0 Å². The third kappa shape index (κ3) is 4.96. The molecular formula is C22H26O7. The molecule has 1 aromatic carbocycles. The minimum Gasteiger partial charge on any atom is -0.493 e. The minimum atomic E-state index is -0.409. The maximum Gasteiger partial charge on any atom is 0.338 e. The fourth-order valence-electron chi connectivity index (χ4n) is 3.42. The smallest absolute Gasteiger partial charge is 0.338 e. The van der Waals surface area contributed by atoms with Crippen LogP contribution in [-0.4, -0.2) is 36.5 Å². The topological polar surface area (TPSA) is 88.1 Å². The van der Waals surface area contributed by atoms with E-state index in [1.807, 2.05) is 0 Å². The fraction of sp³-hybridized carbons (Fsp3) is 0.500. The Labute approximate surface area is 170 Å². The molecule has 3 unspecified atom stereocenters. The number of fused-ring (bicyclic) bond motifs is 1. The van der Waals surface area contributed by atoms with Crippen molar-refractivity contribution < 1.29 is 33.3 Å². The van der Waals surface area contributed by atoms with E-state index in [2.05, 4.69) is 0 Å². The molecule has 1 aliphatic carbocycles. The molecule has 1 fully saturated rings. The van der Waals surface area contributed by atoms with Crippen molar-refractivity contribution in [3.63, 3.8) is 0 Å². The number of hydrogen-bond acceptors (Lipinski definition) is 7. The van der Waals surface area contributed by atoms with Crippen LogP contribution >= 0.6 is 0 Å². The molecular weight excluding hydrogens is 376 g/mol. The van der Waals surface area contributed by atoms with Crippen molar-refractivity contribution in [2.24, 2.45) is 11.8 Å². The third-order valence-electron chi connectivity index (χ3n) is 5.02. The number of ether oxygens (including phenoxy) is 4. The highest BCUT2D eigenvalue weighted by atomic mass is 16.6. The van der Waals surface area contributed by atoms with E-state index in [0.717, 1.165) is 0 Å². The largest absolute Gasteiger partial charge is 0.493 e. The zero-order chi connectivity index (χ0) is 21.0. The first-order valence-corrected chi connectivity index (χ1v) is 9.94. The number of carbonyl (C=O) groups excluding carboxylic acids is 3. The maximum absolute atomic E-state index is 12.8. The van der Waals surface area contributed by atoms with Gasteiger partial charge in [0, 0.05) is 6.42 Å². The van der Waals surface area contributed by atoms with Crippen LogP contribution < -0.4 is 4.74 Å². The highest BCUT2D eigenvalue weighted by molar-refractivity contribution is 5.96. The lowest BCUT2D eigenvalue weighted by Crippen LogP contribution is -2.43. The molecule has 0 bridgehead atoms. The second-order valence-electron chi connectivity index (χ2n) is 7.50. The quantitative estimate of drug-likeness (QED) is 0.674. The second kappa shape index (κ2) is 9.11. The highest BCUT2D eigenvalue weighted by Gasteiger charge is 2.42. The van der Waals surface area contributed by atoms with E-state index >= 15 is 0 Å². The molecule has 1 saturated carbocycles. The average molecular weight is 402 g/mol. The number of hydrogen-bond donors (Lipinski definition) is 0. The van der Waals surface area contributed by atoms with E-state index in [1.165, 1.54) is 6.26 Å². The molecule has 7 nitrogen and oxygen atoms in total. The van der Waals surface area contributed by atoms with Crippen LogP contribution in [0.3, 0.4) is 0 Å². The van der Waals surface area contributed by atoms with Crippen molar-refractivity contribution in [2.45, 2.75) is 52.2 Å². The van der Waals surface area contributed by atoms with Crippen molar-refractivity contribution in [1.29, 1.82) is 0 Å². The number of benzene rings is 1. The number of rotatable bonds is 6. The average Bonchev–Trinajstić information content (AvgIpc) is 2.70. The van der Waals surface area contributed by atoms with E-state index in [1.54, 1.807) is 45.0 Å². The van der Waals surface area contributed by atoms with Gasteiger partial charge in [-0.15, -0.1) is 0 Å². The minimum absolute atomic E-state index is 0.121. The first kappa shape index (κ1) is 20.9. The maximum atomic E-state index is 12.8. The summed E-state index contributed by atoms with van der Waals surface area (Å²) in [4.78, 5) is 36.3. The van der Waals surface area contributed by atoms with E-state index in [4.69, 9.17) is 18.9 Å². The Morgan fingerprint density at radius 3 is 2.55 bits per heavy atom. The molecule has 7 heteroatoms. The van der Waals surface area contributed by atoms with Crippen LogP contribution in [0.4, 0.5) is 0 Å². The van der Waals surface area contributed by atoms with Crippen LogP contribution in [-0.2, 0) is 23.8 Å². The fourth-order valence-corrected chi connectivity index (χ4v) is 3.42. The first-order chi connectivity index (χ1) is 13.9. The monoisotopic (exact) mass is 402 g/mol. The molecule has 2 aliphatic rings. The number of ketones is 1. The third-order valence-corrected chi connectivity index (χ3v) is 5.02. The normalized spacial score (nSPS) is 23.5. The summed E-state index contributed by atoms with van der Waals surface area (Å²) in [5.74, 6) is -0.703. The number of Topliss-reactive ketones (excluding diaryl/α,β-unsaturated/α-hetero) is 1. The summed E-state index contributed by atoms with van der Waals surface area (Å²) in [5.41, 5.74) is 0.411. The summed E-state index contributed by atoms with van der Waals surface area (Å²) in [6.07, 6.45) is 2.46. The predicted molar refractivity (Wildman–Crippen MR) is 103 cm³/mol. The van der Waals surface area contributed by atoms with Crippen molar-refractivity contribution >= 4 is 17.7 Å². The van der Waals surface area contributed by atoms with Gasteiger partial charge in [-0.05, 0) is 44.0 Å². The molecule has 29 heavy (non-hydrogen) atoms. The van der Waals surface area contributed by atoms with Gasteiger partial charge in [0.25, 0.3) is 0 Å². The second-order valence-corrected chi connectivity index (χ2v) is 7.50. The van der Waals surface area contributed by atoms with Gasteiger partial charge in [-0.3, -0.25) is 9.59 Å². The van der Waals surface area contributed by atoms with Crippen LogP contribution in [0.1, 0.15) is 50.4 Å². The number of esters is 2. The van der Waals surface area contributed by atoms with Gasteiger partial charge in [0.05, 0.1) is 24.0 Å². The molecule has 0 radical (unpaired) electrons. The lowest BCUT2D eigenvalue weighted by Gasteiger charge is -2.37. The zero-order valence-electron chi connectivity index (χ0n) is 16.9. The van der Waals surface area contributed by atoms with Gasteiger partial charge < -0.3 is 18.9 Å². The standard InChI is InChI=1S/C22H26O7/c1-4-26-22(25)14-5-7-15(8-6-14)28-19-12-27-18-11-16(29-21(24)13(2)3)9-10-17(18)20(19)23/h5-8,12-13,16-18H,4,9-11H2,1-3H3. The van der Waals surface area contributed by atoms with Crippen molar-refractivity contribution in [3.05, 3.63) is 41.9 Å². The van der Waals surface area contributed by atoms with E-state index < -0.39 is 5.97 Å². The molecule has 3 atom stereocenters. The van der Waals surface area contributed by atoms with Gasteiger partial charge in [0.15, 0.2) is 0 Å². The summed E-state index contributed by atoms with van der Waals surface area (Å²) in [7, 11) is 0. The molecule has 156 valence electrons. The van der Waals surface area contributed by atoms with Crippen LogP contribution in [0.2, 0.25) is 0 Å². The Hall–Kier alpha value is -2.83. The summed E-state index contributed by atoms with van der Waals surface area (Å²) >= 11 is 0. The number of allylic oxidation sites excluding steroid dienone is 1. The van der Waals surface area contributed by atoms with Crippen molar-refractivity contribution in [2.75, 3.05) is 6.61 Å². The predicted octanol–water partition coefficient (Wildman–Crippen LogP) is 3.42. The van der Waals surface area contributed by atoms with E-state index in [0.29, 0.717) is 37.2 Å². The van der Waals surface area contributed by atoms with Gasteiger partial charge in [-0.1, -0.05) is 13.8 Å². The van der Waals surface area contributed by atoms with Gasteiger partial charge in [-0.2, -0.15) is 0 Å². The summed E-state index contributed by atoms with van der Waals surface area (Å²) in [6, 6.07) is 6.38. The Morgan fingerprint density at radius 2 is 1.90 bits per heavy atom. The Kier molecular flexibility index (Phi) is 6.56. The van der Waals surface area contributed by atoms with Crippen molar-refractivity contribution in [1.82, 2.24) is 0 Å². The lowest BCUT2D eigenvalue weighted by molar-refractivity contribution is -0.158. The van der Waals surface area contributed by atoms with Gasteiger partial charge in [0.1, 0.15) is 24.2 Å². The molecule has 1 aromatic rings. The molecule has 0 amide bonds. The molecule has 0 spiro atoms. The highest BCUT2D eigenvalue weighted by Crippen LogP contribution is 2.35. The van der Waals surface area contributed by atoms with Crippen LogP contribution in [0.15, 0.2) is 36.3 Å². The van der Waals surface area contributed by atoms with Crippen LogP contribution in [0, 0.1) is 11.8 Å². The van der Waals surface area contributed by atoms with Gasteiger partial charge in [-0.25, -0.2) is 4.79 Å². The number of carbonyl (C=O) groups is 3. The Bertz CT molecular complexity index is 794. The summed E-state index contributed by atoms with van der Waals surface area (Å²) < 4.78 is 21.8. The lowest BCUT2D eigenvalue weighted by atomic mass is 9.80. The van der Waals surface area contributed by atoms with Gasteiger partial charge >= 0.3 is 11.9 Å². The summed E-state index contributed by atoms with van der Waals surface area (Å²) in [6.45, 7) is 5.63. The first-order valence-electron chi connectivity index (χ1n) is 9.94. The van der Waals surface area contributed by atoms with Crippen molar-refractivity contribution in [3.8, 4) is 5.75 Å².